The van der Waals surface area contributed by atoms with Crippen LogP contribution in [0.5, 0.6) is 0 Å². The van der Waals surface area contributed by atoms with Gasteiger partial charge in [0.2, 0.25) is 5.91 Å². The smallest absolute Gasteiger partial charge is 0.277 e. The molecule has 1 aliphatic heterocycles. The Kier molecular flexibility index (Phi) is 4.68. The maximum absolute atomic E-state index is 12.3. The van der Waals surface area contributed by atoms with Crippen molar-refractivity contribution >= 4 is 38.4 Å². The molecule has 4 rings (SSSR count). The molecule has 1 fully saturated rings. The fourth-order valence-corrected chi connectivity index (χ4v) is 5.41. The molecular formula is C17H18N4O4S2. The minimum absolute atomic E-state index is 0.00138. The zero-order chi connectivity index (χ0) is 19.0. The average Bonchev–Trinajstić information content (AvgIpc) is 3.33. The Labute approximate surface area is 160 Å². The van der Waals surface area contributed by atoms with E-state index in [0.29, 0.717) is 12.3 Å². The predicted molar refractivity (Wildman–Crippen MR) is 102 cm³/mol. The summed E-state index contributed by atoms with van der Waals surface area (Å²) >= 11 is 1.15. The van der Waals surface area contributed by atoms with E-state index >= 15 is 0 Å². The molecule has 1 aromatic carbocycles. The molecule has 1 aliphatic rings. The number of nitrogens with zero attached hydrogens (tertiary/aromatic N) is 2. The number of aromatic amines is 1. The predicted octanol–water partition coefficient (Wildman–Crippen LogP) is 2.00. The van der Waals surface area contributed by atoms with Gasteiger partial charge in [-0.1, -0.05) is 30.0 Å². The average molecular weight is 406 g/mol. The molecule has 0 spiro atoms. The Morgan fingerprint density at radius 3 is 2.96 bits per heavy atom. The first-order valence-corrected chi connectivity index (χ1v) is 11.2. The van der Waals surface area contributed by atoms with Crippen molar-refractivity contribution < 1.29 is 17.6 Å². The fraction of sp³-hybridized carbons (Fsp3) is 0.353. The van der Waals surface area contributed by atoms with Crippen LogP contribution in [0, 0.1) is 0 Å². The van der Waals surface area contributed by atoms with E-state index in [1.165, 1.54) is 0 Å². The molecule has 0 radical (unpaired) electrons. The van der Waals surface area contributed by atoms with E-state index in [4.69, 9.17) is 4.42 Å². The van der Waals surface area contributed by atoms with Gasteiger partial charge in [0.1, 0.15) is 0 Å². The van der Waals surface area contributed by atoms with Crippen LogP contribution in [0.2, 0.25) is 0 Å². The van der Waals surface area contributed by atoms with E-state index in [1.807, 2.05) is 30.5 Å². The number of amides is 1. The van der Waals surface area contributed by atoms with Crippen molar-refractivity contribution in [2.45, 2.75) is 29.9 Å². The molecule has 0 bridgehead atoms. The van der Waals surface area contributed by atoms with Crippen molar-refractivity contribution in [2.24, 2.45) is 0 Å². The van der Waals surface area contributed by atoms with Crippen molar-refractivity contribution in [3.05, 3.63) is 30.5 Å². The molecule has 2 atom stereocenters. The summed E-state index contributed by atoms with van der Waals surface area (Å²) in [7, 11) is -3.03. The van der Waals surface area contributed by atoms with Crippen LogP contribution in [0.3, 0.4) is 0 Å². The molecule has 10 heteroatoms. The van der Waals surface area contributed by atoms with Gasteiger partial charge in [0.25, 0.3) is 11.1 Å². The topological polar surface area (TPSA) is 118 Å². The van der Waals surface area contributed by atoms with Crippen LogP contribution in [0.4, 0.5) is 0 Å². The number of hydrogen-bond acceptors (Lipinski definition) is 7. The maximum Gasteiger partial charge on any atom is 0.277 e. The molecule has 0 aliphatic carbocycles. The molecule has 0 unspecified atom stereocenters. The summed E-state index contributed by atoms with van der Waals surface area (Å²) < 4.78 is 28.7. The maximum atomic E-state index is 12.3. The summed E-state index contributed by atoms with van der Waals surface area (Å²) in [6.45, 7) is 1.72. The number of thioether (sulfide) groups is 1. The number of carbonyl (C=O) groups is 1. The molecule has 2 N–H and O–H groups in total. The molecule has 2 aromatic heterocycles. The van der Waals surface area contributed by atoms with Crippen molar-refractivity contribution in [3.63, 3.8) is 0 Å². The van der Waals surface area contributed by atoms with Gasteiger partial charge in [-0.25, -0.2) is 8.42 Å². The highest BCUT2D eigenvalue weighted by atomic mass is 32.2. The van der Waals surface area contributed by atoms with Crippen LogP contribution in [0.1, 0.15) is 13.3 Å². The van der Waals surface area contributed by atoms with Gasteiger partial charge in [0.15, 0.2) is 9.84 Å². The lowest BCUT2D eigenvalue weighted by molar-refractivity contribution is -0.120. The summed E-state index contributed by atoms with van der Waals surface area (Å²) in [5.74, 6) is 0.261. The van der Waals surface area contributed by atoms with Crippen LogP contribution in [-0.4, -0.2) is 52.3 Å². The van der Waals surface area contributed by atoms with Crippen LogP contribution in [0.25, 0.3) is 22.4 Å². The monoisotopic (exact) mass is 406 g/mol. The van der Waals surface area contributed by atoms with Gasteiger partial charge in [0, 0.05) is 23.1 Å². The van der Waals surface area contributed by atoms with Gasteiger partial charge in [0.05, 0.1) is 22.3 Å². The highest BCUT2D eigenvalue weighted by molar-refractivity contribution is 8.00. The number of sulfone groups is 1. The zero-order valence-corrected chi connectivity index (χ0v) is 16.1. The first-order valence-electron chi connectivity index (χ1n) is 8.49. The van der Waals surface area contributed by atoms with Crippen LogP contribution in [-0.2, 0) is 14.6 Å². The summed E-state index contributed by atoms with van der Waals surface area (Å²) in [5.41, 5.74) is 1.78. The molecule has 3 aromatic rings. The van der Waals surface area contributed by atoms with Crippen LogP contribution >= 0.6 is 11.8 Å². The lowest BCUT2D eigenvalue weighted by Gasteiger charge is -2.14. The Morgan fingerprint density at radius 1 is 1.37 bits per heavy atom. The summed E-state index contributed by atoms with van der Waals surface area (Å²) in [5, 5.41) is 11.7. The van der Waals surface area contributed by atoms with Crippen LogP contribution < -0.4 is 5.32 Å². The van der Waals surface area contributed by atoms with Crippen molar-refractivity contribution in [1.29, 1.82) is 0 Å². The minimum Gasteiger partial charge on any atom is -0.411 e. The minimum atomic E-state index is -3.03. The lowest BCUT2D eigenvalue weighted by atomic mass is 10.2. The number of rotatable bonds is 5. The standard InChI is InChI=1S/C17H18N4O4S2/c1-10(15(22)19-11-6-7-27(23,24)9-11)26-17-21-20-16(25-17)13-8-18-14-5-3-2-4-12(13)14/h2-5,8,10-11,18H,6-7,9H2,1H3,(H,19,22)/t10-,11-/m0/s1. The molecule has 1 saturated heterocycles. The second-order valence-corrected chi connectivity index (χ2v) is 10.0. The van der Waals surface area contributed by atoms with E-state index in [1.54, 1.807) is 6.92 Å². The summed E-state index contributed by atoms with van der Waals surface area (Å²) in [4.78, 5) is 15.5. The quantitative estimate of drug-likeness (QED) is 0.622. The van der Waals surface area contributed by atoms with E-state index in [9.17, 15) is 13.2 Å². The van der Waals surface area contributed by atoms with E-state index in [2.05, 4.69) is 20.5 Å². The molecule has 1 amide bonds. The number of hydrogen-bond donors (Lipinski definition) is 2. The van der Waals surface area contributed by atoms with Gasteiger partial charge in [-0.05, 0) is 19.4 Å². The number of H-pyrrole nitrogens is 1. The van der Waals surface area contributed by atoms with Gasteiger partial charge in [-0.2, -0.15) is 0 Å². The number of aromatic nitrogens is 3. The highest BCUT2D eigenvalue weighted by Gasteiger charge is 2.30. The van der Waals surface area contributed by atoms with E-state index in [0.717, 1.165) is 28.2 Å². The number of carbonyl (C=O) groups excluding carboxylic acids is 1. The lowest BCUT2D eigenvalue weighted by Crippen LogP contribution is -2.39. The Balaban J connectivity index is 1.42. The molecule has 27 heavy (non-hydrogen) atoms. The Hall–Kier alpha value is -2.33. The largest absolute Gasteiger partial charge is 0.411 e. The fourth-order valence-electron chi connectivity index (χ4n) is 3.05. The van der Waals surface area contributed by atoms with Crippen molar-refractivity contribution in [1.82, 2.24) is 20.5 Å². The number of benzene rings is 1. The van der Waals surface area contributed by atoms with E-state index < -0.39 is 15.1 Å². The molecular weight excluding hydrogens is 388 g/mol. The van der Waals surface area contributed by atoms with Gasteiger partial charge in [-0.15, -0.1) is 10.2 Å². The third-order valence-corrected chi connectivity index (χ3v) is 7.15. The van der Waals surface area contributed by atoms with Gasteiger partial charge in [-0.3, -0.25) is 4.79 Å². The molecule has 142 valence electrons. The first kappa shape index (κ1) is 18.1. The number of fused-ring (bicyclic) bond motifs is 1. The zero-order valence-electron chi connectivity index (χ0n) is 14.5. The van der Waals surface area contributed by atoms with Gasteiger partial charge >= 0.3 is 0 Å². The van der Waals surface area contributed by atoms with Crippen molar-refractivity contribution in [3.8, 4) is 11.5 Å². The second kappa shape index (κ2) is 7.01. The van der Waals surface area contributed by atoms with Crippen LogP contribution in [0.15, 0.2) is 40.1 Å². The summed E-state index contributed by atoms with van der Waals surface area (Å²) in [6.07, 6.45) is 2.26. The molecule has 3 heterocycles. The molecule has 8 nitrogen and oxygen atoms in total. The normalized spacial score (nSPS) is 20.0. The first-order chi connectivity index (χ1) is 12.9. The van der Waals surface area contributed by atoms with Gasteiger partial charge < -0.3 is 14.7 Å². The van der Waals surface area contributed by atoms with E-state index in [-0.39, 0.29) is 28.7 Å². The third-order valence-electron chi connectivity index (χ3n) is 4.45. The summed E-state index contributed by atoms with van der Waals surface area (Å²) in [6, 6.07) is 7.47. The third kappa shape index (κ3) is 3.86. The SMILES string of the molecule is C[C@H](Sc1nnc(-c2c[nH]c3ccccc23)o1)C(=O)N[C@H]1CCS(=O)(=O)C1. The second-order valence-electron chi connectivity index (χ2n) is 6.49. The Morgan fingerprint density at radius 2 is 2.19 bits per heavy atom. The number of para-hydroxylation sites is 1. The Bertz CT molecular complexity index is 1090. The van der Waals surface area contributed by atoms with Crippen molar-refractivity contribution in [2.75, 3.05) is 11.5 Å². The number of nitrogens with one attached hydrogen (secondary N) is 2. The highest BCUT2D eigenvalue weighted by Crippen LogP contribution is 2.30. The molecule has 0 saturated carbocycles.